The maximum atomic E-state index is 13.6. The normalized spacial score (nSPS) is 12.6. The molecule has 0 radical (unpaired) electrons. The molecule has 1 unspecified atom stereocenters. The van der Waals surface area contributed by atoms with Gasteiger partial charge in [0.1, 0.15) is 17.8 Å². The zero-order valence-electron chi connectivity index (χ0n) is 11.4. The van der Waals surface area contributed by atoms with Crippen LogP contribution >= 0.6 is 0 Å². The monoisotopic (exact) mass is 276 g/mol. The number of rotatable bonds is 5. The third kappa shape index (κ3) is 3.04. The molecule has 0 aliphatic carbocycles. The van der Waals surface area contributed by atoms with Gasteiger partial charge in [-0.05, 0) is 30.5 Å². The van der Waals surface area contributed by atoms with Crippen LogP contribution in [0, 0.1) is 11.7 Å². The van der Waals surface area contributed by atoms with Crippen molar-refractivity contribution in [2.75, 3.05) is 0 Å². The van der Waals surface area contributed by atoms with Gasteiger partial charge in [0.15, 0.2) is 0 Å². The Balaban J connectivity index is 2.18. The lowest BCUT2D eigenvalue weighted by Crippen LogP contribution is -2.37. The summed E-state index contributed by atoms with van der Waals surface area (Å²) in [4.78, 5) is 25.9. The molecule has 106 valence electrons. The average Bonchev–Trinajstić information content (AvgIpc) is 2.83. The summed E-state index contributed by atoms with van der Waals surface area (Å²) in [5.41, 5.74) is 0.808. The van der Waals surface area contributed by atoms with Crippen LogP contribution in [0.2, 0.25) is 0 Å². The van der Waals surface area contributed by atoms with E-state index in [1.807, 2.05) is 13.8 Å². The lowest BCUT2D eigenvalue weighted by Gasteiger charge is -2.14. The fourth-order valence-corrected chi connectivity index (χ4v) is 2.14. The molecular weight excluding hydrogens is 259 g/mol. The van der Waals surface area contributed by atoms with Crippen LogP contribution in [0.5, 0.6) is 0 Å². The summed E-state index contributed by atoms with van der Waals surface area (Å²) in [5.74, 6) is -0.490. The van der Waals surface area contributed by atoms with Crippen molar-refractivity contribution in [3.63, 3.8) is 0 Å². The Labute approximate surface area is 116 Å². The molecule has 1 aromatic carbocycles. The largest absolute Gasteiger partial charge is 0.350 e. The Hall–Kier alpha value is -2.17. The van der Waals surface area contributed by atoms with Gasteiger partial charge >= 0.3 is 0 Å². The molecule has 1 amide bonds. The van der Waals surface area contributed by atoms with Gasteiger partial charge in [0, 0.05) is 10.9 Å². The second-order valence-electron chi connectivity index (χ2n) is 5.23. The van der Waals surface area contributed by atoms with E-state index in [1.165, 1.54) is 12.1 Å². The molecular formula is C15H17FN2O2. The molecule has 2 N–H and O–H groups in total. The van der Waals surface area contributed by atoms with Crippen LogP contribution in [0.15, 0.2) is 24.3 Å². The maximum absolute atomic E-state index is 13.6. The van der Waals surface area contributed by atoms with Gasteiger partial charge in [0.05, 0.1) is 6.04 Å². The molecule has 0 bridgehead atoms. The van der Waals surface area contributed by atoms with Crippen LogP contribution < -0.4 is 5.32 Å². The Bertz CT molecular complexity index is 634. The molecule has 4 nitrogen and oxygen atoms in total. The predicted octanol–water partition coefficient (Wildman–Crippen LogP) is 2.65. The highest BCUT2D eigenvalue weighted by molar-refractivity contribution is 5.99. The number of aldehydes is 1. The van der Waals surface area contributed by atoms with Gasteiger partial charge in [-0.25, -0.2) is 4.39 Å². The van der Waals surface area contributed by atoms with Gasteiger partial charge in [0.2, 0.25) is 0 Å². The van der Waals surface area contributed by atoms with Crippen molar-refractivity contribution >= 4 is 23.1 Å². The van der Waals surface area contributed by atoms with Gasteiger partial charge in [-0.2, -0.15) is 0 Å². The van der Waals surface area contributed by atoms with Gasteiger partial charge < -0.3 is 15.1 Å². The second kappa shape index (κ2) is 5.86. The Kier molecular flexibility index (Phi) is 4.17. The van der Waals surface area contributed by atoms with Crippen molar-refractivity contribution in [1.82, 2.24) is 10.3 Å². The molecule has 0 aliphatic heterocycles. The number of amides is 1. The van der Waals surface area contributed by atoms with E-state index in [0.29, 0.717) is 23.2 Å². The number of carbonyl (C=O) groups is 2. The number of halogens is 1. The van der Waals surface area contributed by atoms with Gasteiger partial charge in [0.25, 0.3) is 5.91 Å². The van der Waals surface area contributed by atoms with Crippen LogP contribution in [0.3, 0.4) is 0 Å². The number of hydrogen-bond donors (Lipinski definition) is 2. The van der Waals surface area contributed by atoms with E-state index in [0.717, 1.165) is 6.29 Å². The summed E-state index contributed by atoms with van der Waals surface area (Å²) in [6.45, 7) is 3.95. The topological polar surface area (TPSA) is 62.0 Å². The number of aromatic amines is 1. The smallest absolute Gasteiger partial charge is 0.268 e. The first-order valence-electron chi connectivity index (χ1n) is 6.54. The van der Waals surface area contributed by atoms with Crippen LogP contribution in [0.1, 0.15) is 30.8 Å². The number of benzene rings is 1. The number of H-pyrrole nitrogens is 1. The minimum absolute atomic E-state index is 0.251. The Morgan fingerprint density at radius 1 is 1.45 bits per heavy atom. The molecule has 1 aromatic heterocycles. The molecule has 1 atom stereocenters. The third-order valence-corrected chi connectivity index (χ3v) is 3.06. The predicted molar refractivity (Wildman–Crippen MR) is 75.0 cm³/mol. The molecule has 0 saturated carbocycles. The number of fused-ring (bicyclic) bond motifs is 1. The van der Waals surface area contributed by atoms with Gasteiger partial charge in [-0.1, -0.05) is 19.9 Å². The van der Waals surface area contributed by atoms with Crippen LogP contribution in [-0.4, -0.2) is 23.2 Å². The van der Waals surface area contributed by atoms with E-state index >= 15 is 0 Å². The Morgan fingerprint density at radius 2 is 2.20 bits per heavy atom. The molecule has 2 aromatic rings. The summed E-state index contributed by atoms with van der Waals surface area (Å²) < 4.78 is 13.6. The summed E-state index contributed by atoms with van der Waals surface area (Å²) in [6.07, 6.45) is 1.30. The average molecular weight is 276 g/mol. The molecule has 2 rings (SSSR count). The number of aromatic nitrogens is 1. The highest BCUT2D eigenvalue weighted by Crippen LogP contribution is 2.18. The highest BCUT2D eigenvalue weighted by Gasteiger charge is 2.16. The van der Waals surface area contributed by atoms with Crippen molar-refractivity contribution in [3.05, 3.63) is 35.8 Å². The van der Waals surface area contributed by atoms with E-state index in [2.05, 4.69) is 10.3 Å². The second-order valence-corrected chi connectivity index (χ2v) is 5.23. The third-order valence-electron chi connectivity index (χ3n) is 3.06. The lowest BCUT2D eigenvalue weighted by atomic mass is 10.0. The SMILES string of the molecule is CC(C)CC(C=O)NC(=O)c1cc2c(F)cccc2[nH]1. The first-order chi connectivity index (χ1) is 9.51. The van der Waals surface area contributed by atoms with E-state index in [4.69, 9.17) is 0 Å². The summed E-state index contributed by atoms with van der Waals surface area (Å²) in [7, 11) is 0. The summed E-state index contributed by atoms with van der Waals surface area (Å²) in [5, 5.41) is 3.00. The van der Waals surface area contributed by atoms with E-state index in [-0.39, 0.29) is 11.5 Å². The van der Waals surface area contributed by atoms with Crippen molar-refractivity contribution in [2.24, 2.45) is 5.92 Å². The van der Waals surface area contributed by atoms with Crippen LogP contribution in [0.4, 0.5) is 4.39 Å². The molecule has 0 fully saturated rings. The number of carbonyl (C=O) groups excluding carboxylic acids is 2. The first-order valence-corrected chi connectivity index (χ1v) is 6.54. The lowest BCUT2D eigenvalue weighted by molar-refractivity contribution is -0.109. The Morgan fingerprint density at radius 3 is 2.80 bits per heavy atom. The quantitative estimate of drug-likeness (QED) is 0.825. The standard InChI is InChI=1S/C15H17FN2O2/c1-9(2)6-10(8-19)17-15(20)14-7-11-12(16)4-3-5-13(11)18-14/h3-5,7-10,18H,6H2,1-2H3,(H,17,20). The molecule has 5 heteroatoms. The van der Waals surface area contributed by atoms with E-state index < -0.39 is 11.9 Å². The van der Waals surface area contributed by atoms with Gasteiger partial charge in [-0.3, -0.25) is 4.79 Å². The minimum Gasteiger partial charge on any atom is -0.350 e. The summed E-state index contributed by atoms with van der Waals surface area (Å²) in [6, 6.07) is 5.53. The molecule has 0 saturated heterocycles. The van der Waals surface area contributed by atoms with Crippen molar-refractivity contribution in [2.45, 2.75) is 26.3 Å². The minimum atomic E-state index is -0.529. The van der Waals surface area contributed by atoms with E-state index in [9.17, 15) is 14.0 Å². The summed E-state index contributed by atoms with van der Waals surface area (Å²) >= 11 is 0. The van der Waals surface area contributed by atoms with Crippen molar-refractivity contribution < 1.29 is 14.0 Å². The fourth-order valence-electron chi connectivity index (χ4n) is 2.14. The molecule has 20 heavy (non-hydrogen) atoms. The zero-order chi connectivity index (χ0) is 14.7. The number of hydrogen-bond acceptors (Lipinski definition) is 2. The highest BCUT2D eigenvalue weighted by atomic mass is 19.1. The fraction of sp³-hybridized carbons (Fsp3) is 0.333. The van der Waals surface area contributed by atoms with Crippen LogP contribution in [-0.2, 0) is 4.79 Å². The molecule has 0 aliphatic rings. The van der Waals surface area contributed by atoms with Gasteiger partial charge in [-0.15, -0.1) is 0 Å². The molecule has 1 heterocycles. The molecule has 0 spiro atoms. The zero-order valence-corrected chi connectivity index (χ0v) is 11.4. The van der Waals surface area contributed by atoms with E-state index in [1.54, 1.807) is 12.1 Å². The van der Waals surface area contributed by atoms with Crippen molar-refractivity contribution in [1.29, 1.82) is 0 Å². The maximum Gasteiger partial charge on any atom is 0.268 e. The first kappa shape index (κ1) is 14.2. The van der Waals surface area contributed by atoms with Crippen LogP contribution in [0.25, 0.3) is 10.9 Å². The number of nitrogens with one attached hydrogen (secondary N) is 2. The van der Waals surface area contributed by atoms with Crippen molar-refractivity contribution in [3.8, 4) is 0 Å².